The molecule has 53 valence electrons. The van der Waals surface area contributed by atoms with Gasteiger partial charge < -0.3 is 5.11 Å². The van der Waals surface area contributed by atoms with E-state index in [1.54, 1.807) is 24.3 Å². The third-order valence-electron chi connectivity index (χ3n) is 1.01. The van der Waals surface area contributed by atoms with Gasteiger partial charge in [0.1, 0.15) is 5.75 Å². The van der Waals surface area contributed by atoms with E-state index >= 15 is 0 Å². The van der Waals surface area contributed by atoms with Crippen LogP contribution in [0.1, 0.15) is 5.56 Å². The van der Waals surface area contributed by atoms with Crippen LogP contribution in [0.5, 0.6) is 5.75 Å². The summed E-state index contributed by atoms with van der Waals surface area (Å²) in [4.78, 5) is 0. The first-order chi connectivity index (χ1) is 4.33. The number of phenols is 1. The Morgan fingerprint density at radius 1 is 1.17 bits per heavy atom. The molecule has 0 saturated heterocycles. The van der Waals surface area contributed by atoms with Crippen molar-refractivity contribution in [2.45, 2.75) is 0 Å². The van der Waals surface area contributed by atoms with Crippen LogP contribution in [0.4, 0.5) is 0 Å². The summed E-state index contributed by atoms with van der Waals surface area (Å²) in [5.74, 6) is 2.62. The van der Waals surface area contributed by atoms with Gasteiger partial charge in [0.15, 0.2) is 0 Å². The van der Waals surface area contributed by atoms with Crippen molar-refractivity contribution in [3.63, 3.8) is 0 Å². The third kappa shape index (κ3) is 7.31. The molecule has 0 aromatic heterocycles. The molecular weight excluding hydrogens is 379 g/mol. The van der Waals surface area contributed by atoms with Crippen molar-refractivity contribution in [3.8, 4) is 18.1 Å². The molecule has 0 aliphatic carbocycles. The average molecular weight is 385 g/mol. The summed E-state index contributed by atoms with van der Waals surface area (Å²) in [5, 5.41) is 8.85. The number of hydrogen-bond acceptors (Lipinski definition) is 1. The smallest absolute Gasteiger partial charge is 0.116 e. The van der Waals surface area contributed by atoms with Gasteiger partial charge in [-0.1, -0.05) is 12.0 Å². The van der Waals surface area contributed by atoms with Gasteiger partial charge in [-0.05, 0) is 18.2 Å². The molecule has 4 heteroatoms. The van der Waals surface area contributed by atoms with Crippen LogP contribution >= 0.6 is 0 Å². The number of benzene rings is 1. The fourth-order valence-electron chi connectivity index (χ4n) is 0.596. The number of rotatable bonds is 0. The van der Waals surface area contributed by atoms with Crippen LogP contribution in [0.25, 0.3) is 0 Å². The molecule has 0 amide bonds. The molecule has 1 N–H and O–H groups in total. The standard InChI is InChI=1S/C8H6O.3Y/c1-2-7-4-3-5-8(9)6-7;;;/h1,3-6,9H;;;. The average Bonchev–Trinajstić information content (AvgIpc) is 1.88. The summed E-state index contributed by atoms with van der Waals surface area (Å²) >= 11 is 0. The van der Waals surface area contributed by atoms with Gasteiger partial charge in [-0.2, -0.15) is 0 Å². The Labute approximate surface area is 148 Å². The van der Waals surface area contributed by atoms with Crippen molar-refractivity contribution in [1.82, 2.24) is 0 Å². The fourth-order valence-corrected chi connectivity index (χ4v) is 0.596. The molecule has 1 rings (SSSR count). The van der Waals surface area contributed by atoms with Crippen molar-refractivity contribution in [2.24, 2.45) is 0 Å². The first-order valence-electron chi connectivity index (χ1n) is 2.58. The Balaban J connectivity index is -0.000000270. The normalized spacial score (nSPS) is 6.25. The maximum atomic E-state index is 8.85. The zero-order chi connectivity index (χ0) is 6.69. The molecule has 1 aromatic rings. The number of aromatic hydroxyl groups is 1. The molecule has 1 aromatic carbocycles. The molecule has 0 bridgehead atoms. The zero-order valence-corrected chi connectivity index (χ0v) is 15.1. The van der Waals surface area contributed by atoms with Crippen LogP contribution in [0, 0.1) is 12.3 Å². The van der Waals surface area contributed by atoms with E-state index in [1.807, 2.05) is 0 Å². The Hall–Kier alpha value is 1.89. The van der Waals surface area contributed by atoms with Crippen LogP contribution in [0.15, 0.2) is 24.3 Å². The van der Waals surface area contributed by atoms with Crippen molar-refractivity contribution in [2.75, 3.05) is 0 Å². The van der Waals surface area contributed by atoms with E-state index in [2.05, 4.69) is 5.92 Å². The molecule has 0 unspecified atom stereocenters. The molecule has 0 spiro atoms. The third-order valence-corrected chi connectivity index (χ3v) is 1.01. The summed E-state index contributed by atoms with van der Waals surface area (Å²) in [6.07, 6.45) is 5.06. The molecule has 3 radical (unpaired) electrons. The van der Waals surface area contributed by atoms with E-state index in [9.17, 15) is 0 Å². The molecule has 0 atom stereocenters. The van der Waals surface area contributed by atoms with E-state index in [0.29, 0.717) is 5.56 Å². The molecule has 12 heavy (non-hydrogen) atoms. The van der Waals surface area contributed by atoms with Crippen molar-refractivity contribution >= 4 is 0 Å². The SMILES string of the molecule is C#Cc1cccc(O)c1.[Y].[Y].[Y]. The summed E-state index contributed by atoms with van der Waals surface area (Å²) in [6.45, 7) is 0. The second-order valence-corrected chi connectivity index (χ2v) is 1.69. The number of phenolic OH excluding ortho intramolecular Hbond substituents is 1. The summed E-state index contributed by atoms with van der Waals surface area (Å²) in [6, 6.07) is 6.60. The molecule has 1 nitrogen and oxygen atoms in total. The largest absolute Gasteiger partial charge is 0.508 e. The molecule has 0 aliphatic heterocycles. The maximum Gasteiger partial charge on any atom is 0.116 e. The quantitative estimate of drug-likeness (QED) is 0.670. The Morgan fingerprint density at radius 3 is 2.08 bits per heavy atom. The molecule has 0 saturated carbocycles. The van der Waals surface area contributed by atoms with Crippen LogP contribution in [0.3, 0.4) is 0 Å². The Morgan fingerprint density at radius 2 is 1.75 bits per heavy atom. The summed E-state index contributed by atoms with van der Waals surface area (Å²) < 4.78 is 0. The Bertz CT molecular complexity index is 255. The van der Waals surface area contributed by atoms with Gasteiger partial charge in [-0.25, -0.2) is 0 Å². The second kappa shape index (κ2) is 11.0. The van der Waals surface area contributed by atoms with E-state index in [0.717, 1.165) is 0 Å². The minimum absolute atomic E-state index is 0. The van der Waals surface area contributed by atoms with E-state index in [4.69, 9.17) is 11.5 Å². The van der Waals surface area contributed by atoms with Crippen molar-refractivity contribution in [1.29, 1.82) is 0 Å². The van der Waals surface area contributed by atoms with Crippen LogP contribution in [-0.4, -0.2) is 5.11 Å². The van der Waals surface area contributed by atoms with Crippen LogP contribution in [-0.2, 0) is 98.1 Å². The van der Waals surface area contributed by atoms with Gasteiger partial charge in [-0.3, -0.25) is 0 Å². The summed E-state index contributed by atoms with van der Waals surface area (Å²) in [7, 11) is 0. The topological polar surface area (TPSA) is 20.2 Å². The monoisotopic (exact) mass is 385 g/mol. The first kappa shape index (κ1) is 19.5. The number of hydrogen-bond donors (Lipinski definition) is 1. The molecule has 0 aliphatic rings. The van der Waals surface area contributed by atoms with E-state index in [1.165, 1.54) is 0 Å². The summed E-state index contributed by atoms with van der Waals surface area (Å²) in [5.41, 5.74) is 0.704. The molecule has 0 fully saturated rings. The van der Waals surface area contributed by atoms with Gasteiger partial charge in [0.2, 0.25) is 0 Å². The first-order valence-corrected chi connectivity index (χ1v) is 2.58. The predicted molar refractivity (Wildman–Crippen MR) is 36.0 cm³/mol. The zero-order valence-electron chi connectivity index (χ0n) is 6.57. The van der Waals surface area contributed by atoms with Crippen LogP contribution in [0.2, 0.25) is 0 Å². The molecule has 0 heterocycles. The minimum atomic E-state index is 0. The van der Waals surface area contributed by atoms with Gasteiger partial charge in [0.05, 0.1) is 0 Å². The molecular formula is C8H6OY3. The maximum absolute atomic E-state index is 8.85. The van der Waals surface area contributed by atoms with Crippen LogP contribution < -0.4 is 0 Å². The van der Waals surface area contributed by atoms with Crippen molar-refractivity contribution in [3.05, 3.63) is 29.8 Å². The van der Waals surface area contributed by atoms with E-state index < -0.39 is 0 Å². The van der Waals surface area contributed by atoms with Gasteiger partial charge >= 0.3 is 0 Å². The van der Waals surface area contributed by atoms with Gasteiger partial charge in [0, 0.05) is 104 Å². The van der Waals surface area contributed by atoms with E-state index in [-0.39, 0.29) is 104 Å². The second-order valence-electron chi connectivity index (χ2n) is 1.69. The number of terminal acetylenes is 1. The fraction of sp³-hybridized carbons (Fsp3) is 0. The van der Waals surface area contributed by atoms with Gasteiger partial charge in [0.25, 0.3) is 0 Å². The van der Waals surface area contributed by atoms with Crippen molar-refractivity contribution < 1.29 is 103 Å². The predicted octanol–water partition coefficient (Wildman–Crippen LogP) is 1.37. The minimum Gasteiger partial charge on any atom is -0.508 e. The van der Waals surface area contributed by atoms with Gasteiger partial charge in [-0.15, -0.1) is 6.42 Å². The Kier molecular flexibility index (Phi) is 17.8.